The van der Waals surface area contributed by atoms with Gasteiger partial charge in [0.05, 0.1) is 6.04 Å². The van der Waals surface area contributed by atoms with Crippen LogP contribution < -0.4 is 10.6 Å². The largest absolute Gasteiger partial charge is 0.366 e. The first-order valence-corrected chi connectivity index (χ1v) is 15.8. The Morgan fingerprint density at radius 2 is 1.04 bits per heavy atom. The third-order valence-corrected chi connectivity index (χ3v) is 8.83. The molecule has 1 aliphatic rings. The van der Waals surface area contributed by atoms with Crippen molar-refractivity contribution in [1.29, 1.82) is 0 Å². The van der Waals surface area contributed by atoms with E-state index >= 15 is 0 Å². The molecule has 220 valence electrons. The van der Waals surface area contributed by atoms with E-state index in [0.717, 1.165) is 22.4 Å². The summed E-state index contributed by atoms with van der Waals surface area (Å²) in [6.07, 6.45) is 5.95. The molecular weight excluding hydrogens is 558 g/mol. The number of hydrogen-bond donors (Lipinski definition) is 2. The van der Waals surface area contributed by atoms with Gasteiger partial charge in [-0.1, -0.05) is 133 Å². The van der Waals surface area contributed by atoms with Gasteiger partial charge in [-0.3, -0.25) is 10.3 Å². The molecule has 0 spiro atoms. The molecule has 2 unspecified atom stereocenters. The molecule has 7 aromatic rings. The van der Waals surface area contributed by atoms with Crippen LogP contribution in [-0.4, -0.2) is 4.98 Å². The van der Waals surface area contributed by atoms with E-state index in [0.29, 0.717) is 0 Å². The van der Waals surface area contributed by atoms with Crippen molar-refractivity contribution in [1.82, 2.24) is 15.6 Å². The van der Waals surface area contributed by atoms with Crippen molar-refractivity contribution in [3.63, 3.8) is 0 Å². The van der Waals surface area contributed by atoms with Gasteiger partial charge in [-0.2, -0.15) is 0 Å². The summed E-state index contributed by atoms with van der Waals surface area (Å²) in [5.41, 5.74) is 11.8. The standard InChI is InChI=1S/C43H33N3/c1-2-9-30(10-3-1)35-13-7-16-39(27-35)43-45-41(33-21-18-32(19-22-33)40-17-8-24-44-29-40)28-42(46-43)38-15-6-14-36(26-38)37-23-20-31-11-4-5-12-34(31)25-37/h1-29,42-43,45-46H. The first-order valence-electron chi connectivity index (χ1n) is 15.8. The van der Waals surface area contributed by atoms with Crippen LogP contribution in [0.4, 0.5) is 0 Å². The molecule has 2 heterocycles. The number of nitrogens with zero attached hydrogens (tertiary/aromatic N) is 1. The quantitative estimate of drug-likeness (QED) is 0.202. The summed E-state index contributed by atoms with van der Waals surface area (Å²) in [6, 6.07) is 56.4. The van der Waals surface area contributed by atoms with E-state index < -0.39 is 0 Å². The third-order valence-electron chi connectivity index (χ3n) is 8.83. The lowest BCUT2D eigenvalue weighted by atomic mass is 9.94. The Morgan fingerprint density at radius 3 is 1.85 bits per heavy atom. The van der Waals surface area contributed by atoms with Gasteiger partial charge in [-0.05, 0) is 91.2 Å². The van der Waals surface area contributed by atoms with E-state index in [1.165, 1.54) is 44.2 Å². The molecule has 6 aromatic carbocycles. The molecule has 1 aromatic heterocycles. The van der Waals surface area contributed by atoms with Crippen LogP contribution in [0, 0.1) is 0 Å². The lowest BCUT2D eigenvalue weighted by Crippen LogP contribution is -2.39. The molecule has 0 bridgehead atoms. The number of nitrogens with one attached hydrogen (secondary N) is 2. The van der Waals surface area contributed by atoms with Crippen LogP contribution in [0.3, 0.4) is 0 Å². The average Bonchev–Trinajstić information content (AvgIpc) is 3.15. The molecule has 0 saturated heterocycles. The highest BCUT2D eigenvalue weighted by molar-refractivity contribution is 5.87. The van der Waals surface area contributed by atoms with Gasteiger partial charge in [0.1, 0.15) is 6.17 Å². The van der Waals surface area contributed by atoms with E-state index in [1.54, 1.807) is 0 Å². The summed E-state index contributed by atoms with van der Waals surface area (Å²) in [5, 5.41) is 10.2. The lowest BCUT2D eigenvalue weighted by molar-refractivity contribution is 0.443. The van der Waals surface area contributed by atoms with E-state index in [4.69, 9.17) is 0 Å². The Labute approximate surface area is 269 Å². The van der Waals surface area contributed by atoms with Crippen LogP contribution in [-0.2, 0) is 0 Å². The normalized spacial score (nSPS) is 16.0. The lowest BCUT2D eigenvalue weighted by Gasteiger charge is -2.33. The van der Waals surface area contributed by atoms with Crippen LogP contribution in [0.5, 0.6) is 0 Å². The molecule has 8 rings (SSSR count). The number of pyridine rings is 1. The zero-order valence-corrected chi connectivity index (χ0v) is 25.3. The summed E-state index contributed by atoms with van der Waals surface area (Å²) in [4.78, 5) is 4.30. The summed E-state index contributed by atoms with van der Waals surface area (Å²) < 4.78 is 0. The molecular formula is C43H33N3. The summed E-state index contributed by atoms with van der Waals surface area (Å²) >= 11 is 0. The molecule has 0 fully saturated rings. The molecule has 0 amide bonds. The van der Waals surface area contributed by atoms with Gasteiger partial charge in [-0.15, -0.1) is 0 Å². The summed E-state index contributed by atoms with van der Waals surface area (Å²) in [6.45, 7) is 0. The second-order valence-electron chi connectivity index (χ2n) is 11.8. The summed E-state index contributed by atoms with van der Waals surface area (Å²) in [7, 11) is 0. The van der Waals surface area contributed by atoms with Gasteiger partial charge in [0.15, 0.2) is 0 Å². The highest BCUT2D eigenvalue weighted by Crippen LogP contribution is 2.34. The van der Waals surface area contributed by atoms with E-state index in [2.05, 4.69) is 173 Å². The number of benzene rings is 6. The van der Waals surface area contributed by atoms with Gasteiger partial charge in [0.2, 0.25) is 0 Å². The molecule has 2 atom stereocenters. The fourth-order valence-corrected chi connectivity index (χ4v) is 6.38. The minimum absolute atomic E-state index is 0.0000349. The smallest absolute Gasteiger partial charge is 0.104 e. The Balaban J connectivity index is 1.17. The van der Waals surface area contributed by atoms with E-state index in [9.17, 15) is 0 Å². The number of aromatic nitrogens is 1. The minimum Gasteiger partial charge on any atom is -0.366 e. The highest BCUT2D eigenvalue weighted by Gasteiger charge is 2.25. The molecule has 3 nitrogen and oxygen atoms in total. The van der Waals surface area contributed by atoms with Gasteiger partial charge in [0, 0.05) is 18.1 Å². The molecule has 0 saturated carbocycles. The predicted molar refractivity (Wildman–Crippen MR) is 191 cm³/mol. The fraction of sp³-hybridized carbons (Fsp3) is 0.0465. The van der Waals surface area contributed by atoms with Gasteiger partial charge >= 0.3 is 0 Å². The molecule has 0 aliphatic carbocycles. The molecule has 0 radical (unpaired) electrons. The van der Waals surface area contributed by atoms with Crippen molar-refractivity contribution < 1.29 is 0 Å². The van der Waals surface area contributed by atoms with Gasteiger partial charge < -0.3 is 5.32 Å². The Bertz CT molecular complexity index is 2150. The molecule has 46 heavy (non-hydrogen) atoms. The maximum absolute atomic E-state index is 4.30. The Hall–Kier alpha value is -5.77. The van der Waals surface area contributed by atoms with Crippen LogP contribution in [0.15, 0.2) is 176 Å². The zero-order chi connectivity index (χ0) is 30.7. The molecule has 2 N–H and O–H groups in total. The first kappa shape index (κ1) is 27.8. The highest BCUT2D eigenvalue weighted by atomic mass is 15.2. The van der Waals surface area contributed by atoms with Crippen molar-refractivity contribution >= 4 is 16.5 Å². The Kier molecular flexibility index (Phi) is 7.43. The maximum Gasteiger partial charge on any atom is 0.104 e. The number of fused-ring (bicyclic) bond motifs is 1. The fourth-order valence-electron chi connectivity index (χ4n) is 6.38. The second kappa shape index (κ2) is 12.3. The minimum atomic E-state index is -0.0870. The average molecular weight is 592 g/mol. The van der Waals surface area contributed by atoms with Crippen molar-refractivity contribution in [3.05, 3.63) is 193 Å². The van der Waals surface area contributed by atoms with Gasteiger partial charge in [0.25, 0.3) is 0 Å². The van der Waals surface area contributed by atoms with Crippen LogP contribution in [0.2, 0.25) is 0 Å². The van der Waals surface area contributed by atoms with Crippen LogP contribution >= 0.6 is 0 Å². The third kappa shape index (κ3) is 5.72. The molecule has 1 aliphatic heterocycles. The number of hydrogen-bond acceptors (Lipinski definition) is 3. The second-order valence-corrected chi connectivity index (χ2v) is 11.8. The number of rotatable bonds is 6. The topological polar surface area (TPSA) is 37.0 Å². The zero-order valence-electron chi connectivity index (χ0n) is 25.3. The first-order chi connectivity index (χ1) is 22.8. The SMILES string of the molecule is C1=C(c2ccc(-c3cccnc3)cc2)NC(c2cccc(-c3ccccc3)c2)NC1c1cccc(-c2ccc3ccccc3c2)c1. The van der Waals surface area contributed by atoms with Gasteiger partial charge in [-0.25, -0.2) is 0 Å². The van der Waals surface area contributed by atoms with Crippen LogP contribution in [0.1, 0.15) is 28.9 Å². The Morgan fingerprint density at radius 1 is 0.435 bits per heavy atom. The maximum atomic E-state index is 4.30. The summed E-state index contributed by atoms with van der Waals surface area (Å²) in [5.74, 6) is 0. The monoisotopic (exact) mass is 591 g/mol. The molecule has 3 heteroatoms. The van der Waals surface area contributed by atoms with Crippen molar-refractivity contribution in [2.24, 2.45) is 0 Å². The van der Waals surface area contributed by atoms with Crippen molar-refractivity contribution in [3.8, 4) is 33.4 Å². The van der Waals surface area contributed by atoms with Crippen molar-refractivity contribution in [2.45, 2.75) is 12.2 Å². The van der Waals surface area contributed by atoms with Crippen molar-refractivity contribution in [2.75, 3.05) is 0 Å². The van der Waals surface area contributed by atoms with E-state index in [-0.39, 0.29) is 12.2 Å². The predicted octanol–water partition coefficient (Wildman–Crippen LogP) is 10.2. The van der Waals surface area contributed by atoms with Crippen LogP contribution in [0.25, 0.3) is 49.9 Å². The van der Waals surface area contributed by atoms with E-state index in [1.807, 2.05) is 18.5 Å².